The van der Waals surface area contributed by atoms with Gasteiger partial charge in [0, 0.05) is 0 Å². The van der Waals surface area contributed by atoms with E-state index in [0.717, 1.165) is 22.8 Å². The fourth-order valence-corrected chi connectivity index (χ4v) is 11.0. The second kappa shape index (κ2) is 7.15. The molecule has 2 aromatic carbocycles. The summed E-state index contributed by atoms with van der Waals surface area (Å²) in [6.07, 6.45) is 0. The molecule has 2 nitrogen and oxygen atoms in total. The fraction of sp³-hybridized carbons (Fsp3) is 0.154. The minimum absolute atomic E-state index is 0.275. The van der Waals surface area contributed by atoms with E-state index in [0.29, 0.717) is 0 Å². The van der Waals surface area contributed by atoms with Crippen LogP contribution in [0.2, 0.25) is 4.58 Å². The molecular formula is C26H23N2Po. The van der Waals surface area contributed by atoms with Gasteiger partial charge in [0.05, 0.1) is 0 Å². The molecule has 0 spiro atoms. The van der Waals surface area contributed by atoms with Crippen molar-refractivity contribution in [2.75, 3.05) is 0 Å². The van der Waals surface area contributed by atoms with Crippen molar-refractivity contribution in [3.63, 3.8) is 0 Å². The number of benzene rings is 2. The summed E-state index contributed by atoms with van der Waals surface area (Å²) in [7, 11) is 0. The van der Waals surface area contributed by atoms with Crippen molar-refractivity contribution in [2.45, 2.75) is 23.8 Å². The van der Waals surface area contributed by atoms with E-state index in [2.05, 4.69) is 103 Å². The van der Waals surface area contributed by atoms with Crippen molar-refractivity contribution in [3.05, 3.63) is 96.3 Å². The second-order valence-corrected chi connectivity index (χ2v) is 15.3. The molecule has 0 saturated carbocycles. The van der Waals surface area contributed by atoms with Crippen LogP contribution in [0.1, 0.15) is 25.2 Å². The maximum atomic E-state index is 5.13. The molecule has 1 aliphatic rings. The zero-order valence-electron chi connectivity index (χ0n) is 16.9. The molecule has 4 aromatic rings. The van der Waals surface area contributed by atoms with Crippen LogP contribution in [-0.4, -0.2) is 32.0 Å². The van der Waals surface area contributed by atoms with Gasteiger partial charge in [0.25, 0.3) is 0 Å². The molecule has 3 heteroatoms. The van der Waals surface area contributed by atoms with E-state index in [1.807, 2.05) is 0 Å². The molecule has 0 atom stereocenters. The zero-order valence-corrected chi connectivity index (χ0v) is 20.1. The molecule has 3 heterocycles. The van der Waals surface area contributed by atoms with Gasteiger partial charge in [0.15, 0.2) is 0 Å². The molecule has 4 bridgehead atoms. The summed E-state index contributed by atoms with van der Waals surface area (Å²) in [5.74, 6) is 0. The summed E-state index contributed by atoms with van der Waals surface area (Å²) in [6.45, 7) is 4.44. The van der Waals surface area contributed by atoms with Gasteiger partial charge >= 0.3 is 181 Å². The van der Waals surface area contributed by atoms with Crippen molar-refractivity contribution in [1.82, 2.24) is 9.97 Å². The Bertz CT molecular complexity index is 1120. The fourth-order valence-electron chi connectivity index (χ4n) is 4.01. The Hall–Kier alpha value is -2.36. The standard InChI is InChI=1S/C25H20N2.CH3.Po/c1-25(2,23-17-9-15-21(26-23)19-11-5-3-6-12-19)24-18-10-16-22(27-24)20-13-7-4-8-14-20;;/h3-11,13,15-18H,1-2H3;1H3;. The summed E-state index contributed by atoms with van der Waals surface area (Å²) in [4.78, 5) is 10.3. The van der Waals surface area contributed by atoms with Gasteiger partial charge in [-0.15, -0.1) is 0 Å². The van der Waals surface area contributed by atoms with Crippen LogP contribution in [0.4, 0.5) is 0 Å². The number of hydrogen-bond acceptors (Lipinski definition) is 2. The molecule has 0 aliphatic carbocycles. The van der Waals surface area contributed by atoms with E-state index in [4.69, 9.17) is 9.97 Å². The molecule has 0 N–H and O–H groups in total. The summed E-state index contributed by atoms with van der Waals surface area (Å²) in [5.41, 5.74) is 6.55. The molecular weight excluding hydrogens is 549 g/mol. The topological polar surface area (TPSA) is 25.8 Å². The van der Waals surface area contributed by atoms with Gasteiger partial charge in [0.1, 0.15) is 0 Å². The number of aromatic nitrogens is 2. The van der Waals surface area contributed by atoms with Crippen LogP contribution in [0.3, 0.4) is 0 Å². The Balaban J connectivity index is 1.89. The van der Waals surface area contributed by atoms with Crippen molar-refractivity contribution >= 4 is 28.5 Å². The van der Waals surface area contributed by atoms with E-state index in [-0.39, 0.29) is 5.41 Å². The van der Waals surface area contributed by atoms with Gasteiger partial charge in [-0.25, -0.2) is 0 Å². The van der Waals surface area contributed by atoms with Crippen LogP contribution in [0.5, 0.6) is 0 Å². The Labute approximate surface area is 180 Å². The summed E-state index contributed by atoms with van der Waals surface area (Å²) in [5, 5.41) is 0. The van der Waals surface area contributed by atoms with Crippen LogP contribution < -0.4 is 6.44 Å². The summed E-state index contributed by atoms with van der Waals surface area (Å²) < 4.78 is 5.44. The minimum atomic E-state index is -2.12. The van der Waals surface area contributed by atoms with Gasteiger partial charge in [-0.05, 0) is 0 Å². The number of pyridine rings is 2. The van der Waals surface area contributed by atoms with Crippen LogP contribution in [-0.2, 0) is 5.41 Å². The first kappa shape index (κ1) is 18.7. The Kier molecular flexibility index (Phi) is 4.60. The van der Waals surface area contributed by atoms with Crippen LogP contribution in [0.15, 0.2) is 84.9 Å². The number of hydrogen-bond donors (Lipinski definition) is 0. The molecule has 5 rings (SSSR count). The molecule has 29 heavy (non-hydrogen) atoms. The third-order valence-corrected chi connectivity index (χ3v) is 13.7. The molecule has 0 saturated heterocycles. The van der Waals surface area contributed by atoms with Crippen molar-refractivity contribution in [1.29, 1.82) is 0 Å². The zero-order chi connectivity index (χ0) is 20.0. The van der Waals surface area contributed by atoms with Gasteiger partial charge in [0.2, 0.25) is 0 Å². The van der Waals surface area contributed by atoms with E-state index >= 15 is 0 Å². The van der Waals surface area contributed by atoms with Gasteiger partial charge in [-0.1, -0.05) is 0 Å². The number of fused-ring (bicyclic) bond motifs is 8. The Morgan fingerprint density at radius 2 is 1.03 bits per heavy atom. The first-order valence-corrected chi connectivity index (χ1v) is 16.2. The average Bonchev–Trinajstić information content (AvgIpc) is 2.78. The molecule has 1 radical (unpaired) electrons. The Morgan fingerprint density at radius 1 is 0.586 bits per heavy atom. The summed E-state index contributed by atoms with van der Waals surface area (Å²) in [6, 6.07) is 30.6. The molecule has 0 fully saturated rings. The number of nitrogens with zero attached hydrogens (tertiary/aromatic N) is 2. The normalized spacial score (nSPS) is 14.9. The third-order valence-electron chi connectivity index (χ3n) is 5.76. The van der Waals surface area contributed by atoms with Crippen molar-refractivity contribution in [2.24, 2.45) is 0 Å². The van der Waals surface area contributed by atoms with Crippen LogP contribution in [0, 0.1) is 0 Å². The number of rotatable bonds is 0. The van der Waals surface area contributed by atoms with Gasteiger partial charge in [-0.2, -0.15) is 0 Å². The predicted octanol–water partition coefficient (Wildman–Crippen LogP) is 4.69. The molecule has 1 aliphatic heterocycles. The van der Waals surface area contributed by atoms with Crippen LogP contribution >= 0.6 is 0 Å². The predicted molar refractivity (Wildman–Crippen MR) is 122 cm³/mol. The molecule has 0 amide bonds. The Morgan fingerprint density at radius 3 is 1.52 bits per heavy atom. The van der Waals surface area contributed by atoms with Crippen molar-refractivity contribution < 1.29 is 0 Å². The average molecular weight is 572 g/mol. The molecule has 143 valence electrons. The summed E-state index contributed by atoms with van der Waals surface area (Å²) >= 11 is -2.12. The third kappa shape index (κ3) is 3.13. The van der Waals surface area contributed by atoms with E-state index in [1.165, 1.54) is 17.6 Å². The quantitative estimate of drug-likeness (QED) is 0.306. The second-order valence-electron chi connectivity index (χ2n) is 7.94. The SMILES string of the molecule is [CH3][Po]1[c]2ccccc2-c2cccc(n2)C(C)(C)c2cccc(n2)-c2cccc[c]21. The van der Waals surface area contributed by atoms with Gasteiger partial charge < -0.3 is 0 Å². The van der Waals surface area contributed by atoms with E-state index in [1.54, 1.807) is 0 Å². The molecule has 2 aromatic heterocycles. The van der Waals surface area contributed by atoms with E-state index < -0.39 is 22.1 Å². The first-order chi connectivity index (χ1) is 14.1. The monoisotopic (exact) mass is 572 g/mol. The molecule has 0 unspecified atom stereocenters. The van der Waals surface area contributed by atoms with Gasteiger partial charge in [-0.3, -0.25) is 0 Å². The van der Waals surface area contributed by atoms with E-state index in [9.17, 15) is 0 Å². The van der Waals surface area contributed by atoms with Crippen LogP contribution in [0.25, 0.3) is 22.5 Å². The first-order valence-electron chi connectivity index (χ1n) is 9.85. The maximum absolute atomic E-state index is 5.13. The van der Waals surface area contributed by atoms with Crippen molar-refractivity contribution in [3.8, 4) is 22.5 Å².